The largest absolute Gasteiger partial charge is 0.468 e. The van der Waals surface area contributed by atoms with Gasteiger partial charge >= 0.3 is 11.9 Å². The van der Waals surface area contributed by atoms with Gasteiger partial charge in [0.1, 0.15) is 11.2 Å². The van der Waals surface area contributed by atoms with Gasteiger partial charge < -0.3 is 14.2 Å². The van der Waals surface area contributed by atoms with E-state index < -0.39 is 29.1 Å². The van der Waals surface area contributed by atoms with Crippen LogP contribution < -0.4 is 0 Å². The van der Waals surface area contributed by atoms with Crippen molar-refractivity contribution in [1.82, 2.24) is 0 Å². The number of benzene rings is 1. The van der Waals surface area contributed by atoms with Crippen molar-refractivity contribution in [2.75, 3.05) is 14.2 Å². The highest BCUT2D eigenvalue weighted by Crippen LogP contribution is 2.59. The van der Waals surface area contributed by atoms with Crippen LogP contribution in [0.3, 0.4) is 0 Å². The number of hydrogen-bond acceptors (Lipinski definition) is 5. The van der Waals surface area contributed by atoms with Crippen LogP contribution in [-0.2, 0) is 23.8 Å². The Morgan fingerprint density at radius 2 is 1.86 bits per heavy atom. The van der Waals surface area contributed by atoms with E-state index in [0.717, 1.165) is 11.1 Å². The molecule has 0 saturated carbocycles. The molecule has 0 N–H and O–H groups in total. The molecule has 5 nitrogen and oxygen atoms in total. The van der Waals surface area contributed by atoms with Crippen LogP contribution in [0.15, 0.2) is 24.3 Å². The van der Waals surface area contributed by atoms with Gasteiger partial charge in [0.2, 0.25) is 5.41 Å². The second-order valence-electron chi connectivity index (χ2n) is 5.72. The highest BCUT2D eigenvalue weighted by Gasteiger charge is 2.70. The number of rotatable bonds is 2. The first kappa shape index (κ1) is 13.9. The summed E-state index contributed by atoms with van der Waals surface area (Å²) in [5, 5.41) is 0. The summed E-state index contributed by atoms with van der Waals surface area (Å²) < 4.78 is 15.8. The van der Waals surface area contributed by atoms with Crippen molar-refractivity contribution in [1.29, 1.82) is 0 Å². The molecule has 2 aliphatic heterocycles. The van der Waals surface area contributed by atoms with Crippen LogP contribution in [0.1, 0.15) is 30.6 Å². The molecule has 0 amide bonds. The summed E-state index contributed by atoms with van der Waals surface area (Å²) in [5.41, 5.74) is -0.364. The molecule has 1 aromatic rings. The molecule has 2 bridgehead atoms. The van der Waals surface area contributed by atoms with Crippen molar-refractivity contribution < 1.29 is 23.8 Å². The second kappa shape index (κ2) is 4.49. The van der Waals surface area contributed by atoms with Gasteiger partial charge in [0.05, 0.1) is 26.2 Å². The van der Waals surface area contributed by atoms with Gasteiger partial charge in [0, 0.05) is 18.6 Å². The van der Waals surface area contributed by atoms with Gasteiger partial charge in [-0.05, 0) is 19.1 Å². The van der Waals surface area contributed by atoms with Gasteiger partial charge in [-0.2, -0.15) is 0 Å². The Balaban J connectivity index is 2.20. The van der Waals surface area contributed by atoms with E-state index in [9.17, 15) is 9.59 Å². The molecule has 1 fully saturated rings. The predicted molar refractivity (Wildman–Crippen MR) is 73.2 cm³/mol. The monoisotopic (exact) mass is 289 g/mol. The van der Waals surface area contributed by atoms with E-state index in [1.54, 1.807) is 0 Å². The zero-order valence-electron chi connectivity index (χ0n) is 12.2. The number of carbonyl (C=O) groups is 2. The molecule has 0 spiro atoms. The first-order valence-corrected chi connectivity index (χ1v) is 6.76. The average Bonchev–Trinajstić information content (AvgIpc) is 2.75. The molecular formula is C16H17O5+. The molecule has 3 rings (SSSR count). The SMILES string of the molecule is COC(=O)C1(C(=O)OC)C[C@@]2(C)[CH+]c3ccccc3[C@@H]1O2. The fourth-order valence-corrected chi connectivity index (χ4v) is 3.49. The van der Waals surface area contributed by atoms with Gasteiger partial charge in [0.15, 0.2) is 6.10 Å². The van der Waals surface area contributed by atoms with Crippen molar-refractivity contribution >= 4 is 11.9 Å². The lowest BCUT2D eigenvalue weighted by molar-refractivity contribution is -0.174. The first-order valence-electron chi connectivity index (χ1n) is 6.76. The van der Waals surface area contributed by atoms with E-state index >= 15 is 0 Å². The van der Waals surface area contributed by atoms with Crippen molar-refractivity contribution in [2.24, 2.45) is 5.41 Å². The molecule has 2 aliphatic rings. The third-order valence-corrected chi connectivity index (χ3v) is 4.30. The molecule has 5 heteroatoms. The lowest BCUT2D eigenvalue weighted by Crippen LogP contribution is -2.43. The van der Waals surface area contributed by atoms with Gasteiger partial charge in [-0.1, -0.05) is 0 Å². The molecule has 21 heavy (non-hydrogen) atoms. The maximum Gasteiger partial charge on any atom is 0.327 e. The Morgan fingerprint density at radius 3 is 2.48 bits per heavy atom. The van der Waals surface area contributed by atoms with Crippen molar-refractivity contribution in [2.45, 2.75) is 25.0 Å². The van der Waals surface area contributed by atoms with Crippen LogP contribution >= 0.6 is 0 Å². The summed E-state index contributed by atoms with van der Waals surface area (Å²) in [7, 11) is 2.54. The number of carbonyl (C=O) groups excluding carboxylic acids is 2. The van der Waals surface area contributed by atoms with Crippen LogP contribution in [0.5, 0.6) is 0 Å². The minimum absolute atomic E-state index is 0.207. The summed E-state index contributed by atoms with van der Waals surface area (Å²) in [4.78, 5) is 24.8. The maximum atomic E-state index is 12.4. The fraction of sp³-hybridized carbons (Fsp3) is 0.438. The smallest absolute Gasteiger partial charge is 0.327 e. The fourth-order valence-electron chi connectivity index (χ4n) is 3.49. The van der Waals surface area contributed by atoms with E-state index in [1.165, 1.54) is 14.2 Å². The number of hydrogen-bond donors (Lipinski definition) is 0. The quantitative estimate of drug-likeness (QED) is 0.472. The highest BCUT2D eigenvalue weighted by molar-refractivity contribution is 6.02. The Labute approximate surface area is 123 Å². The van der Waals surface area contributed by atoms with Gasteiger partial charge in [-0.25, -0.2) is 0 Å². The summed E-state index contributed by atoms with van der Waals surface area (Å²) in [5.74, 6) is -1.23. The van der Waals surface area contributed by atoms with Crippen molar-refractivity contribution in [3.05, 3.63) is 41.8 Å². The number of esters is 2. The molecule has 0 aliphatic carbocycles. The maximum absolute atomic E-state index is 12.4. The predicted octanol–water partition coefficient (Wildman–Crippen LogP) is 1.81. The zero-order valence-corrected chi connectivity index (χ0v) is 12.2. The van der Waals surface area contributed by atoms with Crippen LogP contribution in [-0.4, -0.2) is 31.8 Å². The molecule has 0 aromatic heterocycles. The van der Waals surface area contributed by atoms with E-state index in [-0.39, 0.29) is 6.42 Å². The molecule has 0 unspecified atom stereocenters. The van der Waals surface area contributed by atoms with E-state index in [4.69, 9.17) is 14.2 Å². The average molecular weight is 289 g/mol. The topological polar surface area (TPSA) is 61.8 Å². The molecule has 2 atom stereocenters. The van der Waals surface area contributed by atoms with Crippen LogP contribution in [0.25, 0.3) is 0 Å². The standard InChI is InChI=1S/C16H17O5/c1-15-8-10-6-4-5-7-11(10)12(21-15)16(9-15,13(17)19-2)14(18)20-3/h4-8,12H,9H2,1-3H3/q+1/t12-,15+/m0/s1. The molecule has 110 valence electrons. The molecule has 0 radical (unpaired) electrons. The van der Waals surface area contributed by atoms with E-state index in [1.807, 2.05) is 37.6 Å². The van der Waals surface area contributed by atoms with Crippen molar-refractivity contribution in [3.63, 3.8) is 0 Å². The minimum atomic E-state index is -1.46. The van der Waals surface area contributed by atoms with Crippen molar-refractivity contribution in [3.8, 4) is 0 Å². The Morgan fingerprint density at radius 1 is 1.24 bits per heavy atom. The third-order valence-electron chi connectivity index (χ3n) is 4.30. The summed E-state index contributed by atoms with van der Waals surface area (Å²) in [6.07, 6.45) is 1.47. The first-order chi connectivity index (χ1) is 9.97. The molecular weight excluding hydrogens is 272 g/mol. The van der Waals surface area contributed by atoms with Gasteiger partial charge in [-0.15, -0.1) is 0 Å². The zero-order chi connectivity index (χ0) is 15.3. The van der Waals surface area contributed by atoms with E-state index in [0.29, 0.717) is 0 Å². The lowest BCUT2D eigenvalue weighted by Gasteiger charge is -2.27. The molecule has 1 saturated heterocycles. The van der Waals surface area contributed by atoms with E-state index in [2.05, 4.69) is 0 Å². The van der Waals surface area contributed by atoms with Gasteiger partial charge in [-0.3, -0.25) is 9.59 Å². The number of fused-ring (bicyclic) bond motifs is 4. The molecule has 2 heterocycles. The molecule has 1 aromatic carbocycles. The third kappa shape index (κ3) is 1.77. The Hall–Kier alpha value is -2.01. The summed E-state index contributed by atoms with van der Waals surface area (Å²) >= 11 is 0. The number of methoxy groups -OCH3 is 2. The Kier molecular flexibility index (Phi) is 2.99. The highest BCUT2D eigenvalue weighted by atomic mass is 16.6. The lowest BCUT2D eigenvalue weighted by atomic mass is 9.76. The summed E-state index contributed by atoms with van der Waals surface area (Å²) in [6.45, 7) is 1.86. The van der Waals surface area contributed by atoms with Crippen LogP contribution in [0, 0.1) is 11.8 Å². The summed E-state index contributed by atoms with van der Waals surface area (Å²) in [6, 6.07) is 7.59. The number of ether oxygens (including phenoxy) is 3. The Bertz CT molecular complexity index is 592. The minimum Gasteiger partial charge on any atom is -0.468 e. The van der Waals surface area contributed by atoms with Gasteiger partial charge in [0.25, 0.3) is 0 Å². The van der Waals surface area contributed by atoms with Crippen LogP contribution in [0.2, 0.25) is 0 Å². The normalized spacial score (nSPS) is 28.2. The van der Waals surface area contributed by atoms with Crippen LogP contribution in [0.4, 0.5) is 0 Å². The second-order valence-corrected chi connectivity index (χ2v) is 5.72.